The number of nitrogens with zero attached hydrogens (tertiary/aromatic N) is 1. The molecule has 108 valence electrons. The number of sulfonamides is 1. The summed E-state index contributed by atoms with van der Waals surface area (Å²) < 4.78 is 29.6. The molecular weight excluding hydrogens is 284 g/mol. The predicted molar refractivity (Wildman–Crippen MR) is 71.3 cm³/mol. The van der Waals surface area contributed by atoms with E-state index in [-0.39, 0.29) is 13.1 Å². The summed E-state index contributed by atoms with van der Waals surface area (Å²) in [6.45, 7) is -0.289. The van der Waals surface area contributed by atoms with E-state index in [1.165, 1.54) is 0 Å². The van der Waals surface area contributed by atoms with Gasteiger partial charge in [-0.1, -0.05) is 18.2 Å². The number of rotatable bonds is 3. The van der Waals surface area contributed by atoms with Crippen molar-refractivity contribution in [2.75, 3.05) is 24.7 Å². The number of carbonyl (C=O) groups is 2. The minimum Gasteiger partial charge on any atom is -0.468 e. The van der Waals surface area contributed by atoms with Gasteiger partial charge in [0.05, 0.1) is 13.7 Å². The number of hydrogen-bond donors (Lipinski definition) is 1. The summed E-state index contributed by atoms with van der Waals surface area (Å²) in [5, 5.41) is 2.63. The Morgan fingerprint density at radius 1 is 1.35 bits per heavy atom. The van der Waals surface area contributed by atoms with Crippen LogP contribution in [0.25, 0.3) is 0 Å². The van der Waals surface area contributed by atoms with Gasteiger partial charge in [-0.2, -0.15) is 4.31 Å². The Balaban J connectivity index is 2.29. The van der Waals surface area contributed by atoms with Crippen LogP contribution in [-0.2, 0) is 30.9 Å². The van der Waals surface area contributed by atoms with Crippen LogP contribution in [0.15, 0.2) is 24.3 Å². The Morgan fingerprint density at radius 2 is 2.05 bits per heavy atom. The number of carbonyl (C=O) groups excluding carboxylic acids is 2. The molecule has 1 aliphatic heterocycles. The van der Waals surface area contributed by atoms with E-state index in [4.69, 9.17) is 0 Å². The highest BCUT2D eigenvalue weighted by molar-refractivity contribution is 7.89. The molecule has 7 nitrogen and oxygen atoms in total. The van der Waals surface area contributed by atoms with Gasteiger partial charge in [-0.3, -0.25) is 9.59 Å². The predicted octanol–water partition coefficient (Wildman–Crippen LogP) is -0.0565. The number of fused-ring (bicyclic) bond motifs is 1. The first-order valence-electron chi connectivity index (χ1n) is 5.85. The highest BCUT2D eigenvalue weighted by Crippen LogP contribution is 2.22. The number of methoxy groups -OCH3 is 1. The van der Waals surface area contributed by atoms with Crippen molar-refractivity contribution < 1.29 is 22.7 Å². The maximum Gasteiger partial charge on any atom is 0.322 e. The molecule has 20 heavy (non-hydrogen) atoms. The maximum atomic E-state index is 12.1. The second-order valence-corrected chi connectivity index (χ2v) is 6.27. The van der Waals surface area contributed by atoms with Crippen molar-refractivity contribution in [2.45, 2.75) is 6.54 Å². The van der Waals surface area contributed by atoms with Crippen molar-refractivity contribution in [3.05, 3.63) is 29.8 Å². The molecule has 1 aliphatic rings. The third-order valence-electron chi connectivity index (χ3n) is 2.88. The van der Waals surface area contributed by atoms with Gasteiger partial charge in [0.1, 0.15) is 0 Å². The lowest BCUT2D eigenvalue weighted by Crippen LogP contribution is -2.38. The summed E-state index contributed by atoms with van der Waals surface area (Å²) in [6, 6.07) is 6.92. The summed E-state index contributed by atoms with van der Waals surface area (Å²) in [5.74, 6) is -2.08. The molecule has 0 spiro atoms. The minimum atomic E-state index is -3.90. The Morgan fingerprint density at radius 3 is 2.75 bits per heavy atom. The Labute approximate surface area is 116 Å². The molecule has 0 aromatic heterocycles. The van der Waals surface area contributed by atoms with Gasteiger partial charge in [0, 0.05) is 12.2 Å². The lowest BCUT2D eigenvalue weighted by molar-refractivity contribution is -0.137. The van der Waals surface area contributed by atoms with E-state index in [2.05, 4.69) is 10.1 Å². The smallest absolute Gasteiger partial charge is 0.322 e. The van der Waals surface area contributed by atoms with E-state index in [1.54, 1.807) is 24.3 Å². The van der Waals surface area contributed by atoms with Crippen LogP contribution in [0, 0.1) is 0 Å². The Bertz CT molecular complexity index is 641. The minimum absolute atomic E-state index is 0.0360. The van der Waals surface area contributed by atoms with Crippen molar-refractivity contribution in [1.29, 1.82) is 0 Å². The van der Waals surface area contributed by atoms with Gasteiger partial charge in [0.15, 0.2) is 5.75 Å². The number of hydrogen-bond acceptors (Lipinski definition) is 5. The molecule has 1 amide bonds. The number of ether oxygens (including phenoxy) is 1. The number of para-hydroxylation sites is 1. The summed E-state index contributed by atoms with van der Waals surface area (Å²) >= 11 is 0. The van der Waals surface area contributed by atoms with E-state index < -0.39 is 27.7 Å². The van der Waals surface area contributed by atoms with Crippen molar-refractivity contribution in [1.82, 2.24) is 4.31 Å². The van der Waals surface area contributed by atoms with Crippen molar-refractivity contribution in [3.63, 3.8) is 0 Å². The molecular formula is C12H14N2O5S. The first-order chi connectivity index (χ1) is 9.42. The molecule has 0 saturated carbocycles. The van der Waals surface area contributed by atoms with Gasteiger partial charge in [0.2, 0.25) is 15.9 Å². The molecule has 0 atom stereocenters. The van der Waals surface area contributed by atoms with Crippen LogP contribution in [0.5, 0.6) is 0 Å². The van der Waals surface area contributed by atoms with E-state index in [1.807, 2.05) is 0 Å². The van der Waals surface area contributed by atoms with E-state index >= 15 is 0 Å². The van der Waals surface area contributed by atoms with Crippen LogP contribution in [0.4, 0.5) is 5.69 Å². The van der Waals surface area contributed by atoms with Gasteiger partial charge < -0.3 is 10.1 Å². The van der Waals surface area contributed by atoms with Crippen LogP contribution in [-0.4, -0.2) is 44.0 Å². The van der Waals surface area contributed by atoms with Crippen LogP contribution in [0.1, 0.15) is 5.56 Å². The normalized spacial score (nSPS) is 15.9. The number of esters is 1. The van der Waals surface area contributed by atoms with E-state index in [0.717, 1.165) is 11.4 Å². The van der Waals surface area contributed by atoms with E-state index in [9.17, 15) is 18.0 Å². The summed E-state index contributed by atoms with van der Waals surface area (Å²) in [4.78, 5) is 22.9. The zero-order chi connectivity index (χ0) is 14.8. The molecule has 0 unspecified atom stereocenters. The van der Waals surface area contributed by atoms with Gasteiger partial charge in [0.25, 0.3) is 0 Å². The summed E-state index contributed by atoms with van der Waals surface area (Å²) in [6.07, 6.45) is 0. The fourth-order valence-corrected chi connectivity index (χ4v) is 3.12. The zero-order valence-corrected chi connectivity index (χ0v) is 11.6. The third-order valence-corrected chi connectivity index (χ3v) is 4.52. The molecule has 0 aliphatic carbocycles. The number of benzene rings is 1. The van der Waals surface area contributed by atoms with E-state index in [0.29, 0.717) is 11.3 Å². The average molecular weight is 298 g/mol. The lowest BCUT2D eigenvalue weighted by Gasteiger charge is -2.18. The molecule has 0 saturated heterocycles. The van der Waals surface area contributed by atoms with Crippen LogP contribution >= 0.6 is 0 Å². The van der Waals surface area contributed by atoms with Crippen molar-refractivity contribution in [2.24, 2.45) is 0 Å². The lowest BCUT2D eigenvalue weighted by atomic mass is 10.2. The number of nitrogens with one attached hydrogen (secondary N) is 1. The van der Waals surface area contributed by atoms with Gasteiger partial charge in [-0.15, -0.1) is 0 Å². The summed E-state index contributed by atoms with van der Waals surface area (Å²) in [7, 11) is -2.78. The SMILES string of the molecule is COC(=O)CS(=O)(=O)N1CC(=O)Nc2ccccc2C1. The topological polar surface area (TPSA) is 92.8 Å². The highest BCUT2D eigenvalue weighted by atomic mass is 32.2. The molecule has 0 fully saturated rings. The third kappa shape index (κ3) is 3.14. The molecule has 1 aromatic rings. The van der Waals surface area contributed by atoms with Crippen LogP contribution < -0.4 is 5.32 Å². The highest BCUT2D eigenvalue weighted by Gasteiger charge is 2.30. The summed E-state index contributed by atoms with van der Waals surface area (Å²) in [5.41, 5.74) is 1.25. The second-order valence-electron chi connectivity index (χ2n) is 4.31. The quantitative estimate of drug-likeness (QED) is 0.789. The molecule has 0 bridgehead atoms. The fourth-order valence-electron chi connectivity index (χ4n) is 1.87. The fraction of sp³-hybridized carbons (Fsp3) is 0.333. The molecule has 0 radical (unpaired) electrons. The molecule has 1 heterocycles. The first-order valence-corrected chi connectivity index (χ1v) is 7.45. The van der Waals surface area contributed by atoms with Crippen molar-refractivity contribution in [3.8, 4) is 0 Å². The van der Waals surface area contributed by atoms with Gasteiger partial charge in [-0.25, -0.2) is 8.42 Å². The van der Waals surface area contributed by atoms with Crippen molar-refractivity contribution >= 4 is 27.6 Å². The van der Waals surface area contributed by atoms with Crippen LogP contribution in [0.3, 0.4) is 0 Å². The van der Waals surface area contributed by atoms with Crippen LogP contribution in [0.2, 0.25) is 0 Å². The average Bonchev–Trinajstić information content (AvgIpc) is 2.56. The number of amides is 1. The largest absolute Gasteiger partial charge is 0.468 e. The Kier molecular flexibility index (Phi) is 4.05. The molecule has 2 rings (SSSR count). The zero-order valence-electron chi connectivity index (χ0n) is 10.8. The van der Waals surface area contributed by atoms with Gasteiger partial charge >= 0.3 is 5.97 Å². The monoisotopic (exact) mass is 298 g/mol. The van der Waals surface area contributed by atoms with Gasteiger partial charge in [-0.05, 0) is 11.6 Å². The maximum absolute atomic E-state index is 12.1. The molecule has 1 N–H and O–H groups in total. The first kappa shape index (κ1) is 14.5. The molecule has 1 aromatic carbocycles. The second kappa shape index (κ2) is 5.59. The number of anilines is 1. The standard InChI is InChI=1S/C12H14N2O5S/c1-19-12(16)8-20(17,18)14-6-9-4-2-3-5-10(9)13-11(15)7-14/h2-5H,6-8H2,1H3,(H,13,15). The molecule has 8 heteroatoms. The Hall–Kier alpha value is -1.93.